The van der Waals surface area contributed by atoms with Gasteiger partial charge in [0, 0.05) is 17.0 Å². The molecule has 0 spiro atoms. The van der Waals surface area contributed by atoms with E-state index in [0.717, 1.165) is 35.9 Å². The summed E-state index contributed by atoms with van der Waals surface area (Å²) in [5, 5.41) is 11.0. The highest BCUT2D eigenvalue weighted by molar-refractivity contribution is 5.95. The van der Waals surface area contributed by atoms with Gasteiger partial charge in [0.25, 0.3) is 0 Å². The van der Waals surface area contributed by atoms with Crippen LogP contribution in [0.25, 0.3) is 10.9 Å². The molecule has 1 heterocycles. The van der Waals surface area contributed by atoms with Gasteiger partial charge in [0.2, 0.25) is 5.91 Å². The summed E-state index contributed by atoms with van der Waals surface area (Å²) < 4.78 is 0. The molecule has 5 heteroatoms. The molecule has 1 aliphatic rings. The molecule has 2 aromatic rings. The molecule has 0 bridgehead atoms. The van der Waals surface area contributed by atoms with Crippen LogP contribution in [0, 0.1) is 11.8 Å². The minimum Gasteiger partial charge on any atom is -0.330 e. The summed E-state index contributed by atoms with van der Waals surface area (Å²) in [5.74, 6) is 0.463. The van der Waals surface area contributed by atoms with Crippen LogP contribution in [0.4, 0.5) is 5.69 Å². The fraction of sp³-hybridized carbons (Fsp3) is 0.467. The number of hydrogen-bond acceptors (Lipinski definition) is 3. The number of aromatic nitrogens is 2. The molecular weight excluding hydrogens is 252 g/mol. The van der Waals surface area contributed by atoms with Crippen LogP contribution in [0.1, 0.15) is 25.7 Å². The molecule has 1 aromatic carbocycles. The van der Waals surface area contributed by atoms with Gasteiger partial charge in [-0.3, -0.25) is 9.89 Å². The lowest BCUT2D eigenvalue weighted by Gasteiger charge is -2.29. The number of hydrogen-bond donors (Lipinski definition) is 3. The second-order valence-electron chi connectivity index (χ2n) is 5.55. The number of benzene rings is 1. The minimum absolute atomic E-state index is 0.0474. The van der Waals surface area contributed by atoms with E-state index in [1.165, 1.54) is 6.42 Å². The van der Waals surface area contributed by atoms with Crippen LogP contribution in [0.3, 0.4) is 0 Å². The molecule has 0 radical (unpaired) electrons. The van der Waals surface area contributed by atoms with Gasteiger partial charge in [-0.25, -0.2) is 0 Å². The molecule has 20 heavy (non-hydrogen) atoms. The fourth-order valence-corrected chi connectivity index (χ4v) is 3.08. The Bertz CT molecular complexity index is 607. The van der Waals surface area contributed by atoms with Gasteiger partial charge in [-0.1, -0.05) is 12.8 Å². The van der Waals surface area contributed by atoms with Crippen molar-refractivity contribution < 1.29 is 4.79 Å². The Morgan fingerprint density at radius 3 is 3.10 bits per heavy atom. The molecule has 3 rings (SSSR count). The summed E-state index contributed by atoms with van der Waals surface area (Å²) >= 11 is 0. The fourth-order valence-electron chi connectivity index (χ4n) is 3.08. The molecular formula is C15H20N4O. The number of anilines is 1. The number of rotatable bonds is 3. The number of H-pyrrole nitrogens is 1. The highest BCUT2D eigenvalue weighted by Gasteiger charge is 2.29. The number of carbonyl (C=O) groups is 1. The van der Waals surface area contributed by atoms with E-state index < -0.39 is 0 Å². The third kappa shape index (κ3) is 2.54. The summed E-state index contributed by atoms with van der Waals surface area (Å²) in [5.41, 5.74) is 7.54. The third-order valence-corrected chi connectivity index (χ3v) is 4.26. The molecule has 0 saturated heterocycles. The van der Waals surface area contributed by atoms with Crippen LogP contribution in [0.15, 0.2) is 24.4 Å². The van der Waals surface area contributed by atoms with Crippen LogP contribution in [0.2, 0.25) is 0 Å². The molecule has 1 amide bonds. The van der Waals surface area contributed by atoms with E-state index in [1.54, 1.807) is 6.20 Å². The van der Waals surface area contributed by atoms with E-state index in [9.17, 15) is 4.79 Å². The van der Waals surface area contributed by atoms with E-state index in [1.807, 2.05) is 18.2 Å². The number of fused-ring (bicyclic) bond motifs is 1. The van der Waals surface area contributed by atoms with Crippen molar-refractivity contribution >= 4 is 22.5 Å². The first-order valence-electron chi connectivity index (χ1n) is 7.22. The molecule has 1 fully saturated rings. The predicted octanol–water partition coefficient (Wildman–Crippen LogP) is 2.27. The highest BCUT2D eigenvalue weighted by atomic mass is 16.1. The summed E-state index contributed by atoms with van der Waals surface area (Å²) in [6.45, 7) is 0.595. The Balaban J connectivity index is 1.73. The van der Waals surface area contributed by atoms with Crippen molar-refractivity contribution in [3.05, 3.63) is 24.4 Å². The standard InChI is InChI=1S/C15H20N4O/c16-8-10-3-1-2-4-13(10)15(20)18-12-6-5-11-9-17-19-14(11)7-12/h5-7,9-10,13H,1-4,8,16H2,(H,17,19)(H,18,20). The Morgan fingerprint density at radius 2 is 2.25 bits per heavy atom. The largest absolute Gasteiger partial charge is 0.330 e. The van der Waals surface area contributed by atoms with E-state index >= 15 is 0 Å². The van der Waals surface area contributed by atoms with E-state index in [-0.39, 0.29) is 11.8 Å². The van der Waals surface area contributed by atoms with Gasteiger partial charge in [-0.2, -0.15) is 5.10 Å². The topological polar surface area (TPSA) is 83.8 Å². The first kappa shape index (κ1) is 13.1. The highest BCUT2D eigenvalue weighted by Crippen LogP contribution is 2.30. The van der Waals surface area contributed by atoms with Gasteiger partial charge in [0.15, 0.2) is 0 Å². The Hall–Kier alpha value is -1.88. The lowest BCUT2D eigenvalue weighted by atomic mass is 9.78. The summed E-state index contributed by atoms with van der Waals surface area (Å²) in [6.07, 6.45) is 6.08. The lowest BCUT2D eigenvalue weighted by Crippen LogP contribution is -2.35. The lowest BCUT2D eigenvalue weighted by molar-refractivity contribution is -0.122. The zero-order valence-corrected chi connectivity index (χ0v) is 11.4. The van der Waals surface area contributed by atoms with Crippen molar-refractivity contribution in [1.29, 1.82) is 0 Å². The third-order valence-electron chi connectivity index (χ3n) is 4.26. The maximum absolute atomic E-state index is 12.4. The van der Waals surface area contributed by atoms with Crippen molar-refractivity contribution in [2.45, 2.75) is 25.7 Å². The van der Waals surface area contributed by atoms with Gasteiger partial charge >= 0.3 is 0 Å². The van der Waals surface area contributed by atoms with E-state index in [4.69, 9.17) is 5.73 Å². The number of nitrogens with two attached hydrogens (primary N) is 1. The number of carbonyl (C=O) groups excluding carboxylic acids is 1. The van der Waals surface area contributed by atoms with Crippen LogP contribution in [0.5, 0.6) is 0 Å². The smallest absolute Gasteiger partial charge is 0.227 e. The molecule has 5 nitrogen and oxygen atoms in total. The van der Waals surface area contributed by atoms with E-state index in [0.29, 0.717) is 12.5 Å². The molecule has 2 atom stereocenters. The quantitative estimate of drug-likeness (QED) is 0.801. The number of aromatic amines is 1. The van der Waals surface area contributed by atoms with Crippen LogP contribution in [-0.4, -0.2) is 22.6 Å². The molecule has 2 unspecified atom stereocenters. The van der Waals surface area contributed by atoms with Crippen molar-refractivity contribution in [2.75, 3.05) is 11.9 Å². The van der Waals surface area contributed by atoms with Gasteiger partial charge in [-0.15, -0.1) is 0 Å². The van der Waals surface area contributed by atoms with Crippen molar-refractivity contribution in [2.24, 2.45) is 17.6 Å². The van der Waals surface area contributed by atoms with Crippen molar-refractivity contribution in [1.82, 2.24) is 10.2 Å². The van der Waals surface area contributed by atoms with Gasteiger partial charge in [0.1, 0.15) is 0 Å². The monoisotopic (exact) mass is 272 g/mol. The van der Waals surface area contributed by atoms with Crippen molar-refractivity contribution in [3.63, 3.8) is 0 Å². The van der Waals surface area contributed by atoms with Crippen LogP contribution in [-0.2, 0) is 4.79 Å². The normalized spacial score (nSPS) is 22.9. The van der Waals surface area contributed by atoms with Crippen molar-refractivity contribution in [3.8, 4) is 0 Å². The maximum atomic E-state index is 12.4. The molecule has 0 aliphatic heterocycles. The SMILES string of the molecule is NCC1CCCCC1C(=O)Nc1ccc2cn[nH]c2c1. The zero-order valence-electron chi connectivity index (χ0n) is 11.4. The van der Waals surface area contributed by atoms with Gasteiger partial charge in [0.05, 0.1) is 11.7 Å². The molecule has 4 N–H and O–H groups in total. The Kier molecular flexibility index (Phi) is 3.69. The molecule has 1 saturated carbocycles. The summed E-state index contributed by atoms with van der Waals surface area (Å²) in [4.78, 5) is 12.4. The number of nitrogens with zero attached hydrogens (tertiary/aromatic N) is 1. The Morgan fingerprint density at radius 1 is 1.40 bits per heavy atom. The van der Waals surface area contributed by atoms with E-state index in [2.05, 4.69) is 15.5 Å². The zero-order chi connectivity index (χ0) is 13.9. The molecule has 1 aromatic heterocycles. The Labute approximate surface area is 117 Å². The second kappa shape index (κ2) is 5.63. The average Bonchev–Trinajstić information content (AvgIpc) is 2.94. The summed E-state index contributed by atoms with van der Waals surface area (Å²) in [7, 11) is 0. The average molecular weight is 272 g/mol. The van der Waals surface area contributed by atoms with Crippen LogP contribution >= 0.6 is 0 Å². The number of nitrogens with one attached hydrogen (secondary N) is 2. The first-order valence-corrected chi connectivity index (χ1v) is 7.22. The molecule has 1 aliphatic carbocycles. The summed E-state index contributed by atoms with van der Waals surface area (Å²) in [6, 6.07) is 5.78. The van der Waals surface area contributed by atoms with Gasteiger partial charge < -0.3 is 11.1 Å². The second-order valence-corrected chi connectivity index (χ2v) is 5.55. The number of amides is 1. The predicted molar refractivity (Wildman–Crippen MR) is 79.2 cm³/mol. The molecule has 106 valence electrons. The minimum atomic E-state index is 0.0474. The maximum Gasteiger partial charge on any atom is 0.227 e. The first-order chi connectivity index (χ1) is 9.78. The van der Waals surface area contributed by atoms with Crippen LogP contribution < -0.4 is 11.1 Å². The van der Waals surface area contributed by atoms with Gasteiger partial charge in [-0.05, 0) is 43.5 Å².